The molecule has 6 nitrogen and oxygen atoms in total. The maximum atomic E-state index is 13.4. The summed E-state index contributed by atoms with van der Waals surface area (Å²) in [6.45, 7) is 3.07. The van der Waals surface area contributed by atoms with E-state index in [0.29, 0.717) is 38.0 Å². The van der Waals surface area contributed by atoms with E-state index in [1.165, 1.54) is 35.6 Å². The third-order valence-corrected chi connectivity index (χ3v) is 8.73. The highest BCUT2D eigenvalue weighted by molar-refractivity contribution is 8.00. The largest absolute Gasteiger partial charge is 0.758 e. The van der Waals surface area contributed by atoms with E-state index < -0.39 is 10.0 Å². The smallest absolute Gasteiger partial charge is 0.244 e. The molecule has 1 aliphatic rings. The molecule has 0 atom stereocenters. The number of likely N-dealkylation sites (tertiary alicyclic amines) is 1. The summed E-state index contributed by atoms with van der Waals surface area (Å²) in [4.78, 5) is 3.61. The van der Waals surface area contributed by atoms with Crippen LogP contribution in [0.4, 0.5) is 5.69 Å². The van der Waals surface area contributed by atoms with Gasteiger partial charge in [0.05, 0.1) is 4.90 Å². The molecule has 0 amide bonds. The minimum atomic E-state index is -3.81. The van der Waals surface area contributed by atoms with E-state index in [9.17, 15) is 13.6 Å². The number of nitrogens with zero attached hydrogens (tertiary/aromatic N) is 3. The summed E-state index contributed by atoms with van der Waals surface area (Å²) in [5, 5.41) is 13.4. The number of piperidine rings is 1. The molecule has 0 aromatic heterocycles. The molecule has 1 saturated heterocycles. The van der Waals surface area contributed by atoms with E-state index in [-0.39, 0.29) is 10.6 Å². The van der Waals surface area contributed by atoms with Crippen LogP contribution in [0.1, 0.15) is 19.3 Å². The Hall–Kier alpha value is -1.00. The van der Waals surface area contributed by atoms with Crippen molar-refractivity contribution in [3.63, 3.8) is 0 Å². The van der Waals surface area contributed by atoms with Gasteiger partial charge in [-0.3, -0.25) is 0 Å². The quantitative estimate of drug-likeness (QED) is 0.463. The van der Waals surface area contributed by atoms with Crippen LogP contribution >= 0.6 is 35.0 Å². The lowest BCUT2D eigenvalue weighted by atomic mass is 10.1. The highest BCUT2D eigenvalue weighted by atomic mass is 35.5. The molecule has 10 heteroatoms. The normalized spacial score (nSPS) is 15.4. The summed E-state index contributed by atoms with van der Waals surface area (Å²) < 4.78 is 28.3. The van der Waals surface area contributed by atoms with E-state index in [4.69, 9.17) is 23.2 Å². The number of rotatable bonds is 8. The number of anilines is 1. The molecule has 1 aliphatic heterocycles. The average molecular weight is 503 g/mol. The highest BCUT2D eigenvalue weighted by Crippen LogP contribution is 2.38. The van der Waals surface area contributed by atoms with Gasteiger partial charge in [0.2, 0.25) is 10.0 Å². The Kier molecular flexibility index (Phi) is 8.54. The molecule has 2 aromatic rings. The minimum Gasteiger partial charge on any atom is -0.758 e. The molecule has 170 valence electrons. The van der Waals surface area contributed by atoms with Crippen LogP contribution in [0.25, 0.3) is 0 Å². The van der Waals surface area contributed by atoms with Crippen LogP contribution in [0.15, 0.2) is 51.1 Å². The van der Waals surface area contributed by atoms with Gasteiger partial charge < -0.3 is 15.2 Å². The Labute approximate surface area is 198 Å². The Morgan fingerprint density at radius 2 is 1.68 bits per heavy atom. The second kappa shape index (κ2) is 10.7. The second-order valence-corrected chi connectivity index (χ2v) is 11.6. The fourth-order valence-corrected chi connectivity index (χ4v) is 6.71. The molecule has 0 N–H and O–H groups in total. The van der Waals surface area contributed by atoms with Crippen molar-refractivity contribution in [2.24, 2.45) is 0 Å². The van der Waals surface area contributed by atoms with Gasteiger partial charge in [0.15, 0.2) is 0 Å². The number of hydrogen-bond acceptors (Lipinski definition) is 6. The zero-order valence-electron chi connectivity index (χ0n) is 17.6. The summed E-state index contributed by atoms with van der Waals surface area (Å²) in [7, 11) is -0.889. The summed E-state index contributed by atoms with van der Waals surface area (Å²) in [5.41, 5.74) is 0.275. The van der Waals surface area contributed by atoms with Gasteiger partial charge in [0.1, 0.15) is 0 Å². The van der Waals surface area contributed by atoms with E-state index in [2.05, 4.69) is 4.90 Å². The average Bonchev–Trinajstić information content (AvgIpc) is 2.72. The van der Waals surface area contributed by atoms with E-state index in [1.54, 1.807) is 37.4 Å². The van der Waals surface area contributed by atoms with Crippen molar-refractivity contribution in [2.75, 3.05) is 45.3 Å². The molecule has 31 heavy (non-hydrogen) atoms. The SMILES string of the molecule is CN([O-])c1ccc(Sc2cc(Cl)cc(Cl)c2)c(S(=O)(=O)N(C)CCN2CCCCC2)c1. The predicted octanol–water partition coefficient (Wildman–Crippen LogP) is 5.19. The van der Waals surface area contributed by atoms with Gasteiger partial charge in [-0.25, -0.2) is 8.42 Å². The lowest BCUT2D eigenvalue weighted by Crippen LogP contribution is -2.38. The van der Waals surface area contributed by atoms with Crippen LogP contribution in [0.3, 0.4) is 0 Å². The summed E-state index contributed by atoms with van der Waals surface area (Å²) in [5.74, 6) is 0. The minimum absolute atomic E-state index is 0.0925. The van der Waals surface area contributed by atoms with Crippen LogP contribution in [-0.4, -0.2) is 57.9 Å². The molecular formula is C21H26Cl2N3O3S2-. The first-order chi connectivity index (χ1) is 14.7. The number of hydroxylamine groups is 1. The maximum absolute atomic E-state index is 13.4. The fraction of sp³-hybridized carbons (Fsp3) is 0.429. The van der Waals surface area contributed by atoms with Crippen LogP contribution in [0, 0.1) is 5.21 Å². The first-order valence-corrected chi connectivity index (χ1v) is 13.1. The van der Waals surface area contributed by atoms with Crippen molar-refractivity contribution in [3.05, 3.63) is 51.7 Å². The van der Waals surface area contributed by atoms with Gasteiger partial charge in [-0.05, 0) is 69.4 Å². The summed E-state index contributed by atoms with van der Waals surface area (Å²) >= 11 is 13.5. The predicted molar refractivity (Wildman–Crippen MR) is 129 cm³/mol. The van der Waals surface area contributed by atoms with Crippen molar-refractivity contribution in [1.29, 1.82) is 0 Å². The van der Waals surface area contributed by atoms with Gasteiger partial charge in [-0.2, -0.15) is 4.31 Å². The van der Waals surface area contributed by atoms with Gasteiger partial charge in [0.25, 0.3) is 0 Å². The van der Waals surface area contributed by atoms with Gasteiger partial charge in [-0.15, -0.1) is 0 Å². The molecule has 0 bridgehead atoms. The molecular weight excluding hydrogens is 477 g/mol. The number of halogens is 2. The fourth-order valence-electron chi connectivity index (χ4n) is 3.45. The van der Waals surface area contributed by atoms with Crippen LogP contribution in [0.5, 0.6) is 0 Å². The van der Waals surface area contributed by atoms with Crippen LogP contribution < -0.4 is 5.06 Å². The molecule has 1 heterocycles. The zero-order chi connectivity index (χ0) is 22.6. The molecule has 0 radical (unpaired) electrons. The van der Waals surface area contributed by atoms with Gasteiger partial charge in [-0.1, -0.05) is 41.4 Å². The van der Waals surface area contributed by atoms with Crippen LogP contribution in [0.2, 0.25) is 10.0 Å². The highest BCUT2D eigenvalue weighted by Gasteiger charge is 2.26. The Morgan fingerprint density at radius 1 is 1.03 bits per heavy atom. The topological polar surface area (TPSA) is 66.9 Å². The van der Waals surface area contributed by atoms with E-state index >= 15 is 0 Å². The van der Waals surface area contributed by atoms with E-state index in [0.717, 1.165) is 25.9 Å². The summed E-state index contributed by atoms with van der Waals surface area (Å²) in [6, 6.07) is 9.75. The van der Waals surface area contributed by atoms with E-state index in [1.807, 2.05) is 0 Å². The van der Waals surface area contributed by atoms with Crippen molar-refractivity contribution in [1.82, 2.24) is 9.21 Å². The third-order valence-electron chi connectivity index (χ3n) is 5.22. The molecule has 3 rings (SSSR count). The van der Waals surface area contributed by atoms with Crippen molar-refractivity contribution < 1.29 is 8.42 Å². The molecule has 0 aliphatic carbocycles. The molecule has 1 fully saturated rings. The van der Waals surface area contributed by atoms with Gasteiger partial charge in [0, 0.05) is 45.7 Å². The van der Waals surface area contributed by atoms with Crippen molar-refractivity contribution >= 4 is 50.7 Å². The number of benzene rings is 2. The van der Waals surface area contributed by atoms with Crippen molar-refractivity contribution in [2.45, 2.75) is 33.9 Å². The first kappa shape index (κ1) is 24.6. The third kappa shape index (κ3) is 6.51. The molecule has 0 unspecified atom stereocenters. The Morgan fingerprint density at radius 3 is 2.29 bits per heavy atom. The Bertz CT molecular complexity index is 993. The molecule has 0 spiro atoms. The zero-order valence-corrected chi connectivity index (χ0v) is 20.7. The number of hydrogen-bond donors (Lipinski definition) is 0. The summed E-state index contributed by atoms with van der Waals surface area (Å²) in [6.07, 6.45) is 3.53. The van der Waals surface area contributed by atoms with Crippen molar-refractivity contribution in [3.8, 4) is 0 Å². The first-order valence-electron chi connectivity index (χ1n) is 10.0. The molecule has 2 aromatic carbocycles. The molecule has 0 saturated carbocycles. The second-order valence-electron chi connectivity index (χ2n) is 7.56. The van der Waals surface area contributed by atoms with Crippen LogP contribution in [-0.2, 0) is 10.0 Å². The standard InChI is InChI=1S/C21H26Cl2N3O3S2/c1-24(10-11-26-8-4-3-5-9-26)31(28,29)21-15-18(25(2)27)6-7-20(21)30-19-13-16(22)12-17(23)14-19/h6-7,12-15H,3-5,8-11H2,1-2H3/q-1. The maximum Gasteiger partial charge on any atom is 0.244 e. The lowest BCUT2D eigenvalue weighted by Gasteiger charge is -2.29. The van der Waals surface area contributed by atoms with Gasteiger partial charge >= 0.3 is 0 Å². The number of sulfonamides is 1. The number of likely N-dealkylation sites (N-methyl/N-ethyl adjacent to an activating group) is 1. The lowest BCUT2D eigenvalue weighted by molar-refractivity contribution is 0.218. The Balaban J connectivity index is 1.89. The monoisotopic (exact) mass is 502 g/mol.